The number of halogens is 1. The highest BCUT2D eigenvalue weighted by Crippen LogP contribution is 2.39. The van der Waals surface area contributed by atoms with Crippen molar-refractivity contribution in [1.29, 1.82) is 0 Å². The fraction of sp³-hybridized carbons (Fsp3) is 0.533. The maximum Gasteiger partial charge on any atom is 0.151 e. The van der Waals surface area contributed by atoms with Crippen LogP contribution in [0.15, 0.2) is 22.7 Å². The van der Waals surface area contributed by atoms with Gasteiger partial charge >= 0.3 is 0 Å². The van der Waals surface area contributed by atoms with E-state index in [2.05, 4.69) is 33.0 Å². The number of nitrogens with zero attached hydrogens (tertiary/aromatic N) is 1. The maximum absolute atomic E-state index is 10.9. The number of hydrogen-bond acceptors (Lipinski definition) is 2. The van der Waals surface area contributed by atoms with E-state index in [1.807, 2.05) is 6.07 Å². The van der Waals surface area contributed by atoms with E-state index in [9.17, 15) is 4.79 Å². The Hall–Kier alpha value is -0.830. The second-order valence-electron chi connectivity index (χ2n) is 5.42. The van der Waals surface area contributed by atoms with E-state index in [4.69, 9.17) is 0 Å². The Morgan fingerprint density at radius 2 is 2.06 bits per heavy atom. The van der Waals surface area contributed by atoms with Gasteiger partial charge in [-0.2, -0.15) is 0 Å². The lowest BCUT2D eigenvalue weighted by atomic mass is 9.91. The minimum Gasteiger partial charge on any atom is -0.368 e. The van der Waals surface area contributed by atoms with E-state index in [1.54, 1.807) is 0 Å². The SMILES string of the molecule is O=Cc1ccc(N2CCCC3CCCC32)cc1Br. The van der Waals surface area contributed by atoms with Crippen molar-refractivity contribution in [3.63, 3.8) is 0 Å². The van der Waals surface area contributed by atoms with E-state index in [1.165, 1.54) is 37.8 Å². The summed E-state index contributed by atoms with van der Waals surface area (Å²) in [6.07, 6.45) is 7.71. The van der Waals surface area contributed by atoms with Crippen molar-refractivity contribution in [3.05, 3.63) is 28.2 Å². The zero-order valence-corrected chi connectivity index (χ0v) is 12.0. The fourth-order valence-electron chi connectivity index (χ4n) is 3.56. The molecule has 2 atom stereocenters. The fourth-order valence-corrected chi connectivity index (χ4v) is 4.02. The number of rotatable bonds is 2. The predicted octanol–water partition coefficient (Wildman–Crippen LogP) is 4.03. The summed E-state index contributed by atoms with van der Waals surface area (Å²) in [6, 6.07) is 6.85. The van der Waals surface area contributed by atoms with Gasteiger partial charge in [0.1, 0.15) is 0 Å². The van der Waals surface area contributed by atoms with E-state index in [-0.39, 0.29) is 0 Å². The summed E-state index contributed by atoms with van der Waals surface area (Å²) in [5, 5.41) is 0. The third-order valence-electron chi connectivity index (χ3n) is 4.44. The van der Waals surface area contributed by atoms with Crippen LogP contribution in [0.4, 0.5) is 5.69 Å². The Bertz CT molecular complexity index is 460. The van der Waals surface area contributed by atoms with Crippen molar-refractivity contribution in [2.45, 2.75) is 38.1 Å². The lowest BCUT2D eigenvalue weighted by Gasteiger charge is -2.39. The molecule has 1 aliphatic heterocycles. The van der Waals surface area contributed by atoms with E-state index >= 15 is 0 Å². The first-order valence-electron chi connectivity index (χ1n) is 6.81. The van der Waals surface area contributed by atoms with Crippen molar-refractivity contribution in [2.24, 2.45) is 5.92 Å². The van der Waals surface area contributed by atoms with Crippen LogP contribution in [-0.4, -0.2) is 18.9 Å². The number of piperidine rings is 1. The Labute approximate surface area is 116 Å². The molecule has 0 aromatic heterocycles. The van der Waals surface area contributed by atoms with Crippen molar-refractivity contribution >= 4 is 27.9 Å². The average molecular weight is 308 g/mol. The number of aldehydes is 1. The molecule has 1 aromatic rings. The number of benzene rings is 1. The molecule has 1 heterocycles. The van der Waals surface area contributed by atoms with Gasteiger partial charge in [-0.25, -0.2) is 0 Å². The highest BCUT2D eigenvalue weighted by molar-refractivity contribution is 9.10. The molecule has 1 aromatic carbocycles. The highest BCUT2D eigenvalue weighted by atomic mass is 79.9. The summed E-state index contributed by atoms with van der Waals surface area (Å²) in [5.74, 6) is 0.892. The lowest BCUT2D eigenvalue weighted by Crippen LogP contribution is -2.42. The number of carbonyl (C=O) groups excluding carboxylic acids is 1. The van der Waals surface area contributed by atoms with Crippen LogP contribution in [0, 0.1) is 5.92 Å². The smallest absolute Gasteiger partial charge is 0.151 e. The Balaban J connectivity index is 1.89. The van der Waals surface area contributed by atoms with Gasteiger partial charge in [-0.1, -0.05) is 6.42 Å². The molecular formula is C15H18BrNO. The molecular weight excluding hydrogens is 290 g/mol. The van der Waals surface area contributed by atoms with Crippen LogP contribution in [-0.2, 0) is 0 Å². The molecule has 3 heteroatoms. The van der Waals surface area contributed by atoms with Crippen molar-refractivity contribution < 1.29 is 4.79 Å². The van der Waals surface area contributed by atoms with Crippen LogP contribution in [0.1, 0.15) is 42.5 Å². The molecule has 1 saturated heterocycles. The molecule has 0 N–H and O–H groups in total. The van der Waals surface area contributed by atoms with E-state index in [0.29, 0.717) is 0 Å². The molecule has 0 spiro atoms. The van der Waals surface area contributed by atoms with Gasteiger partial charge in [0.05, 0.1) is 0 Å². The summed E-state index contributed by atoms with van der Waals surface area (Å²) < 4.78 is 0.912. The van der Waals surface area contributed by atoms with Crippen molar-refractivity contribution in [2.75, 3.05) is 11.4 Å². The summed E-state index contributed by atoms with van der Waals surface area (Å²) in [5.41, 5.74) is 2.00. The number of fused-ring (bicyclic) bond motifs is 1. The van der Waals surface area contributed by atoms with Gasteiger partial charge in [-0.05, 0) is 65.7 Å². The first kappa shape index (κ1) is 12.2. The van der Waals surface area contributed by atoms with E-state index < -0.39 is 0 Å². The Morgan fingerprint density at radius 3 is 2.83 bits per heavy atom. The Kier molecular flexibility index (Phi) is 3.42. The summed E-state index contributed by atoms with van der Waals surface area (Å²) >= 11 is 3.49. The lowest BCUT2D eigenvalue weighted by molar-refractivity contribution is 0.112. The third-order valence-corrected chi connectivity index (χ3v) is 5.12. The maximum atomic E-state index is 10.9. The molecule has 2 unspecified atom stereocenters. The third kappa shape index (κ3) is 2.09. The second kappa shape index (κ2) is 5.04. The molecule has 0 amide bonds. The van der Waals surface area contributed by atoms with Crippen LogP contribution in [0.3, 0.4) is 0 Å². The highest BCUT2D eigenvalue weighted by Gasteiger charge is 2.35. The van der Waals surface area contributed by atoms with Crippen LogP contribution < -0.4 is 4.90 Å². The predicted molar refractivity (Wildman–Crippen MR) is 77.2 cm³/mol. The Morgan fingerprint density at radius 1 is 1.22 bits per heavy atom. The molecule has 1 saturated carbocycles. The molecule has 1 aliphatic carbocycles. The van der Waals surface area contributed by atoms with E-state index in [0.717, 1.165) is 34.8 Å². The minimum absolute atomic E-state index is 0.729. The first-order chi connectivity index (χ1) is 8.79. The zero-order valence-electron chi connectivity index (χ0n) is 10.4. The van der Waals surface area contributed by atoms with Crippen LogP contribution in [0.2, 0.25) is 0 Å². The van der Waals surface area contributed by atoms with Crippen molar-refractivity contribution in [1.82, 2.24) is 0 Å². The zero-order chi connectivity index (χ0) is 12.5. The molecule has 96 valence electrons. The van der Waals surface area contributed by atoms with Crippen LogP contribution >= 0.6 is 15.9 Å². The number of hydrogen-bond donors (Lipinski definition) is 0. The quantitative estimate of drug-likeness (QED) is 0.769. The molecule has 0 radical (unpaired) electrons. The summed E-state index contributed by atoms with van der Waals surface area (Å²) in [7, 11) is 0. The first-order valence-corrected chi connectivity index (χ1v) is 7.60. The van der Waals surface area contributed by atoms with Gasteiger partial charge in [-0.15, -0.1) is 0 Å². The molecule has 18 heavy (non-hydrogen) atoms. The standard InChI is InChI=1S/C15H18BrNO/c16-14-9-13(7-6-12(14)10-18)17-8-2-4-11-3-1-5-15(11)17/h6-7,9-11,15H,1-5,8H2. The van der Waals surface area contributed by atoms with Gasteiger partial charge in [0.25, 0.3) is 0 Å². The number of carbonyl (C=O) groups is 1. The average Bonchev–Trinajstić information content (AvgIpc) is 2.86. The molecule has 2 nitrogen and oxygen atoms in total. The van der Waals surface area contributed by atoms with Gasteiger partial charge in [0, 0.05) is 28.3 Å². The topological polar surface area (TPSA) is 20.3 Å². The molecule has 3 rings (SSSR count). The largest absolute Gasteiger partial charge is 0.368 e. The van der Waals surface area contributed by atoms with Gasteiger partial charge in [0.15, 0.2) is 6.29 Å². The summed E-state index contributed by atoms with van der Waals surface area (Å²) in [6.45, 7) is 1.16. The van der Waals surface area contributed by atoms with Crippen LogP contribution in [0.25, 0.3) is 0 Å². The van der Waals surface area contributed by atoms with Gasteiger partial charge in [-0.3, -0.25) is 4.79 Å². The van der Waals surface area contributed by atoms with Gasteiger partial charge < -0.3 is 4.90 Å². The van der Waals surface area contributed by atoms with Crippen LogP contribution in [0.5, 0.6) is 0 Å². The monoisotopic (exact) mass is 307 g/mol. The molecule has 2 fully saturated rings. The summed E-state index contributed by atoms with van der Waals surface area (Å²) in [4.78, 5) is 13.4. The second-order valence-corrected chi connectivity index (χ2v) is 6.27. The van der Waals surface area contributed by atoms with Crippen molar-refractivity contribution in [3.8, 4) is 0 Å². The molecule has 2 aliphatic rings. The minimum atomic E-state index is 0.729. The van der Waals surface area contributed by atoms with Gasteiger partial charge in [0.2, 0.25) is 0 Å². The number of anilines is 1. The normalized spacial score (nSPS) is 27.1. The molecule has 0 bridgehead atoms.